The van der Waals surface area contributed by atoms with Crippen LogP contribution in [0.15, 0.2) is 12.4 Å². The molecular formula is C11H16N4O3S. The lowest BCUT2D eigenvalue weighted by atomic mass is 10.4. The number of carbonyl (C=O) groups is 1. The van der Waals surface area contributed by atoms with Gasteiger partial charge in [0.25, 0.3) is 5.91 Å². The van der Waals surface area contributed by atoms with Crippen LogP contribution in [-0.2, 0) is 10.0 Å². The van der Waals surface area contributed by atoms with Gasteiger partial charge in [0.1, 0.15) is 11.5 Å². The van der Waals surface area contributed by atoms with Crippen molar-refractivity contribution in [1.29, 1.82) is 0 Å². The van der Waals surface area contributed by atoms with Crippen LogP contribution in [0.4, 0.5) is 5.82 Å². The van der Waals surface area contributed by atoms with Crippen molar-refractivity contribution in [2.24, 2.45) is 0 Å². The fraction of sp³-hybridized carbons (Fsp3) is 0.545. The number of rotatable bonds is 4. The number of aromatic nitrogens is 2. The topological polar surface area (TPSA) is 92.3 Å². The van der Waals surface area contributed by atoms with E-state index < -0.39 is 20.7 Å². The van der Waals surface area contributed by atoms with Crippen molar-refractivity contribution < 1.29 is 13.2 Å². The standard InChI is InChI=1S/C11H16N4O3S/c1-11(4-5-11)19(17,18)14-10(16)8-6-13-9(7-12-8)15(2)3/h6-7H,4-5H2,1-3H3,(H,14,16). The second-order valence-electron chi connectivity index (χ2n) is 5.04. The number of carbonyl (C=O) groups excluding carboxylic acids is 1. The van der Waals surface area contributed by atoms with Gasteiger partial charge in [0.15, 0.2) is 0 Å². The molecule has 0 atom stereocenters. The smallest absolute Gasteiger partial charge is 0.284 e. The number of sulfonamides is 1. The first kappa shape index (κ1) is 13.7. The molecule has 0 aliphatic heterocycles. The van der Waals surface area contributed by atoms with Crippen molar-refractivity contribution in [3.05, 3.63) is 18.1 Å². The predicted molar refractivity (Wildman–Crippen MR) is 70.4 cm³/mol. The second kappa shape index (κ2) is 4.44. The van der Waals surface area contributed by atoms with Gasteiger partial charge in [-0.1, -0.05) is 0 Å². The Hall–Kier alpha value is -1.70. The Kier molecular flexibility index (Phi) is 3.21. The zero-order valence-electron chi connectivity index (χ0n) is 11.0. The van der Waals surface area contributed by atoms with E-state index in [1.165, 1.54) is 12.4 Å². The summed E-state index contributed by atoms with van der Waals surface area (Å²) in [5, 5.41) is 0. The van der Waals surface area contributed by atoms with Crippen LogP contribution >= 0.6 is 0 Å². The Morgan fingerprint density at radius 1 is 1.32 bits per heavy atom. The highest BCUT2D eigenvalue weighted by molar-refractivity contribution is 7.91. The maximum Gasteiger partial charge on any atom is 0.284 e. The molecular weight excluding hydrogens is 268 g/mol. The molecule has 8 heteroatoms. The highest BCUT2D eigenvalue weighted by atomic mass is 32.2. The first-order valence-corrected chi connectivity index (χ1v) is 7.29. The summed E-state index contributed by atoms with van der Waals surface area (Å²) in [7, 11) is -0.0506. The van der Waals surface area contributed by atoms with Gasteiger partial charge < -0.3 is 4.90 Å². The van der Waals surface area contributed by atoms with Crippen LogP contribution in [0.25, 0.3) is 0 Å². The van der Waals surface area contributed by atoms with E-state index in [9.17, 15) is 13.2 Å². The number of anilines is 1. The van der Waals surface area contributed by atoms with E-state index in [2.05, 4.69) is 9.97 Å². The van der Waals surface area contributed by atoms with E-state index in [4.69, 9.17) is 0 Å². The zero-order valence-corrected chi connectivity index (χ0v) is 11.9. The Balaban J connectivity index is 2.12. The second-order valence-corrected chi connectivity index (χ2v) is 7.24. The molecule has 1 N–H and O–H groups in total. The molecule has 0 bridgehead atoms. The molecule has 0 radical (unpaired) electrons. The Bertz CT molecular complexity index is 591. The van der Waals surface area contributed by atoms with Gasteiger partial charge in [-0.2, -0.15) is 0 Å². The SMILES string of the molecule is CN(C)c1cnc(C(=O)NS(=O)(=O)C2(C)CC2)cn1. The maximum atomic E-state index is 11.9. The summed E-state index contributed by atoms with van der Waals surface area (Å²) in [6.07, 6.45) is 3.82. The lowest BCUT2D eigenvalue weighted by Crippen LogP contribution is -2.38. The molecule has 1 amide bonds. The summed E-state index contributed by atoms with van der Waals surface area (Å²) in [4.78, 5) is 21.5. The number of nitrogens with zero attached hydrogens (tertiary/aromatic N) is 3. The van der Waals surface area contributed by atoms with Crippen molar-refractivity contribution in [3.63, 3.8) is 0 Å². The molecule has 0 aromatic carbocycles. The molecule has 1 heterocycles. The Morgan fingerprint density at radius 2 is 1.95 bits per heavy atom. The van der Waals surface area contributed by atoms with Gasteiger partial charge >= 0.3 is 0 Å². The average Bonchev–Trinajstić information content (AvgIpc) is 3.08. The van der Waals surface area contributed by atoms with Gasteiger partial charge in [-0.15, -0.1) is 0 Å². The molecule has 1 aliphatic carbocycles. The van der Waals surface area contributed by atoms with Crippen molar-refractivity contribution >= 4 is 21.7 Å². The summed E-state index contributed by atoms with van der Waals surface area (Å²) in [5.41, 5.74) is -0.0153. The Morgan fingerprint density at radius 3 is 2.37 bits per heavy atom. The van der Waals surface area contributed by atoms with Crippen molar-refractivity contribution in [3.8, 4) is 0 Å². The van der Waals surface area contributed by atoms with Crippen LogP contribution in [0.3, 0.4) is 0 Å². The van der Waals surface area contributed by atoms with E-state index in [1.54, 1.807) is 25.9 Å². The fourth-order valence-corrected chi connectivity index (χ4v) is 2.65. The highest BCUT2D eigenvalue weighted by Gasteiger charge is 2.50. The molecule has 7 nitrogen and oxygen atoms in total. The third kappa shape index (κ3) is 2.67. The van der Waals surface area contributed by atoms with Gasteiger partial charge in [-0.3, -0.25) is 4.79 Å². The number of hydrogen-bond acceptors (Lipinski definition) is 6. The van der Waals surface area contributed by atoms with Crippen molar-refractivity contribution in [2.75, 3.05) is 19.0 Å². The van der Waals surface area contributed by atoms with Crippen LogP contribution in [0.2, 0.25) is 0 Å². The largest absolute Gasteiger partial charge is 0.361 e. The molecule has 2 rings (SSSR count). The van der Waals surface area contributed by atoms with Crippen molar-refractivity contribution in [1.82, 2.24) is 14.7 Å². The van der Waals surface area contributed by atoms with E-state index in [0.717, 1.165) is 0 Å². The minimum absolute atomic E-state index is 0.0153. The van der Waals surface area contributed by atoms with E-state index in [-0.39, 0.29) is 5.69 Å². The lowest BCUT2D eigenvalue weighted by Gasteiger charge is -2.12. The van der Waals surface area contributed by atoms with Crippen LogP contribution in [0, 0.1) is 0 Å². The summed E-state index contributed by atoms with van der Waals surface area (Å²) < 4.78 is 25.0. The first-order chi connectivity index (χ1) is 8.75. The van der Waals surface area contributed by atoms with Gasteiger partial charge in [0, 0.05) is 14.1 Å². The molecule has 0 unspecified atom stereocenters. The van der Waals surface area contributed by atoms with E-state index in [1.807, 2.05) is 4.72 Å². The van der Waals surface area contributed by atoms with Crippen LogP contribution in [0.1, 0.15) is 30.3 Å². The zero-order chi connectivity index (χ0) is 14.3. The lowest BCUT2D eigenvalue weighted by molar-refractivity contribution is 0.0975. The van der Waals surface area contributed by atoms with Gasteiger partial charge in [-0.05, 0) is 19.8 Å². The average molecular weight is 284 g/mol. The van der Waals surface area contributed by atoms with Gasteiger partial charge in [0.2, 0.25) is 10.0 Å². The van der Waals surface area contributed by atoms with E-state index in [0.29, 0.717) is 18.7 Å². The molecule has 0 saturated heterocycles. The number of hydrogen-bond donors (Lipinski definition) is 1. The summed E-state index contributed by atoms with van der Waals surface area (Å²) in [6, 6.07) is 0. The Labute approximate surface area is 112 Å². The minimum Gasteiger partial charge on any atom is -0.361 e. The quantitative estimate of drug-likeness (QED) is 0.846. The van der Waals surface area contributed by atoms with E-state index >= 15 is 0 Å². The molecule has 19 heavy (non-hydrogen) atoms. The summed E-state index contributed by atoms with van der Waals surface area (Å²) in [5.74, 6) is -0.153. The molecule has 1 aromatic heterocycles. The molecule has 1 aromatic rings. The van der Waals surface area contributed by atoms with Crippen molar-refractivity contribution in [2.45, 2.75) is 24.5 Å². The number of nitrogens with one attached hydrogen (secondary N) is 1. The third-order valence-electron chi connectivity index (χ3n) is 3.16. The molecule has 104 valence electrons. The molecule has 1 fully saturated rings. The highest BCUT2D eigenvalue weighted by Crippen LogP contribution is 2.42. The van der Waals surface area contributed by atoms with Crippen LogP contribution in [0.5, 0.6) is 0 Å². The third-order valence-corrected chi connectivity index (χ3v) is 5.32. The molecule has 0 spiro atoms. The molecule has 1 aliphatic rings. The maximum absolute atomic E-state index is 11.9. The monoisotopic (exact) mass is 284 g/mol. The minimum atomic E-state index is -3.64. The van der Waals surface area contributed by atoms with Gasteiger partial charge in [-0.25, -0.2) is 23.1 Å². The predicted octanol–water partition coefficient (Wildman–Crippen LogP) is 0.155. The van der Waals surface area contributed by atoms with Gasteiger partial charge in [0.05, 0.1) is 17.1 Å². The summed E-state index contributed by atoms with van der Waals surface area (Å²) >= 11 is 0. The van der Waals surface area contributed by atoms with Crippen LogP contribution < -0.4 is 9.62 Å². The normalized spacial score (nSPS) is 16.8. The first-order valence-electron chi connectivity index (χ1n) is 5.81. The molecule has 1 saturated carbocycles. The van der Waals surface area contributed by atoms with Crippen LogP contribution in [-0.4, -0.2) is 43.1 Å². The summed E-state index contributed by atoms with van der Waals surface area (Å²) in [6.45, 7) is 1.61. The number of amides is 1. The fourth-order valence-electron chi connectivity index (χ4n) is 1.41.